The van der Waals surface area contributed by atoms with Gasteiger partial charge in [0.25, 0.3) is 5.91 Å². The lowest BCUT2D eigenvalue weighted by Crippen LogP contribution is -2.16. The van der Waals surface area contributed by atoms with Gasteiger partial charge < -0.3 is 4.57 Å². The van der Waals surface area contributed by atoms with Gasteiger partial charge in [-0.15, -0.1) is 17.9 Å². The number of thiophene rings is 1. The third-order valence-corrected chi connectivity index (χ3v) is 5.00. The van der Waals surface area contributed by atoms with Crippen LogP contribution in [0.1, 0.15) is 4.88 Å². The Balaban J connectivity index is 2.04. The van der Waals surface area contributed by atoms with Gasteiger partial charge in [0.15, 0.2) is 4.80 Å². The number of hydrogen-bond acceptors (Lipinski definition) is 3. The molecule has 0 aliphatic heterocycles. The normalized spacial score (nSPS) is 12.0. The summed E-state index contributed by atoms with van der Waals surface area (Å²) >= 11 is 2.84. The molecule has 2 aromatic heterocycles. The number of aromatic nitrogens is 1. The number of rotatable bonds is 4. The molecule has 0 saturated heterocycles. The summed E-state index contributed by atoms with van der Waals surface area (Å²) in [5, 5.41) is 1.93. The van der Waals surface area contributed by atoms with Crippen molar-refractivity contribution in [2.24, 2.45) is 4.99 Å². The van der Waals surface area contributed by atoms with E-state index in [1.807, 2.05) is 22.1 Å². The van der Waals surface area contributed by atoms with E-state index in [-0.39, 0.29) is 18.1 Å². The summed E-state index contributed by atoms with van der Waals surface area (Å²) in [5.41, 5.74) is 0.856. The average Bonchev–Trinajstić information content (AvgIpc) is 3.08. The minimum atomic E-state index is -0.295. The number of carbonyl (C=O) groups is 1. The number of fused-ring (bicyclic) bond motifs is 1. The van der Waals surface area contributed by atoms with Crippen molar-refractivity contribution < 1.29 is 9.18 Å². The van der Waals surface area contributed by atoms with Gasteiger partial charge in [-0.05, 0) is 29.6 Å². The van der Waals surface area contributed by atoms with Crippen LogP contribution < -0.4 is 4.80 Å². The third-order valence-electron chi connectivity index (χ3n) is 3.08. The number of hydrogen-bond donors (Lipinski definition) is 0. The fourth-order valence-electron chi connectivity index (χ4n) is 2.15. The second kappa shape index (κ2) is 6.37. The summed E-state index contributed by atoms with van der Waals surface area (Å²) in [5.74, 6) is -0.497. The van der Waals surface area contributed by atoms with Crippen LogP contribution in [0.5, 0.6) is 0 Å². The molecule has 0 N–H and O–H groups in total. The van der Waals surface area contributed by atoms with E-state index < -0.39 is 0 Å². The number of allylic oxidation sites excluding steroid dienone is 1. The maximum atomic E-state index is 13.4. The molecule has 3 aromatic rings. The minimum Gasteiger partial charge on any atom is -0.313 e. The van der Waals surface area contributed by atoms with Crippen molar-refractivity contribution in [2.45, 2.75) is 13.0 Å². The molecule has 0 bridgehead atoms. The van der Waals surface area contributed by atoms with E-state index in [2.05, 4.69) is 11.6 Å². The highest BCUT2D eigenvalue weighted by Crippen LogP contribution is 2.19. The molecule has 0 saturated carbocycles. The Hall–Kier alpha value is -2.05. The number of nitrogens with zero attached hydrogens (tertiary/aromatic N) is 2. The Morgan fingerprint density at radius 3 is 3.00 bits per heavy atom. The Bertz CT molecular complexity index is 891. The monoisotopic (exact) mass is 332 g/mol. The van der Waals surface area contributed by atoms with Crippen LogP contribution in [0.15, 0.2) is 53.4 Å². The van der Waals surface area contributed by atoms with Crippen molar-refractivity contribution in [3.8, 4) is 0 Å². The van der Waals surface area contributed by atoms with Crippen LogP contribution in [0.25, 0.3) is 10.2 Å². The SMILES string of the molecule is C=CCn1c(=NC(=O)Cc2cccs2)sc2cc(F)ccc21. The average molecular weight is 332 g/mol. The molecule has 0 fully saturated rings. The van der Waals surface area contributed by atoms with Crippen molar-refractivity contribution in [1.82, 2.24) is 4.57 Å². The molecule has 2 heterocycles. The minimum absolute atomic E-state index is 0.202. The molecule has 0 spiro atoms. The van der Waals surface area contributed by atoms with E-state index in [1.54, 1.807) is 12.1 Å². The molecule has 1 amide bonds. The number of amides is 1. The van der Waals surface area contributed by atoms with E-state index in [9.17, 15) is 9.18 Å². The number of benzene rings is 1. The van der Waals surface area contributed by atoms with Gasteiger partial charge in [0.1, 0.15) is 5.82 Å². The summed E-state index contributed by atoms with van der Waals surface area (Å²) in [6.45, 7) is 4.25. The Morgan fingerprint density at radius 2 is 2.27 bits per heavy atom. The molecule has 0 unspecified atom stereocenters. The highest BCUT2D eigenvalue weighted by Gasteiger charge is 2.08. The van der Waals surface area contributed by atoms with Crippen LogP contribution in [-0.4, -0.2) is 10.5 Å². The lowest BCUT2D eigenvalue weighted by Gasteiger charge is -2.00. The van der Waals surface area contributed by atoms with E-state index in [0.717, 1.165) is 15.1 Å². The van der Waals surface area contributed by atoms with E-state index >= 15 is 0 Å². The van der Waals surface area contributed by atoms with Crippen molar-refractivity contribution in [2.75, 3.05) is 0 Å². The molecular formula is C16H13FN2OS2. The van der Waals surface area contributed by atoms with Crippen LogP contribution in [0.4, 0.5) is 4.39 Å². The first kappa shape index (κ1) is 14.9. The van der Waals surface area contributed by atoms with Gasteiger partial charge in [-0.2, -0.15) is 4.99 Å². The molecule has 1 aromatic carbocycles. The zero-order valence-electron chi connectivity index (χ0n) is 11.7. The van der Waals surface area contributed by atoms with Gasteiger partial charge in [0, 0.05) is 11.4 Å². The summed E-state index contributed by atoms with van der Waals surface area (Å²) in [6, 6.07) is 8.39. The quantitative estimate of drug-likeness (QED) is 0.670. The molecule has 6 heteroatoms. The van der Waals surface area contributed by atoms with E-state index in [4.69, 9.17) is 0 Å². The Morgan fingerprint density at radius 1 is 1.41 bits per heavy atom. The molecule has 0 aliphatic carbocycles. The molecule has 0 aliphatic rings. The molecule has 0 atom stereocenters. The first-order valence-electron chi connectivity index (χ1n) is 6.67. The second-order valence-electron chi connectivity index (χ2n) is 4.66. The zero-order chi connectivity index (χ0) is 15.5. The fourth-order valence-corrected chi connectivity index (χ4v) is 3.92. The summed E-state index contributed by atoms with van der Waals surface area (Å²) < 4.78 is 16.0. The molecule has 22 heavy (non-hydrogen) atoms. The van der Waals surface area contributed by atoms with Crippen molar-refractivity contribution >= 4 is 38.8 Å². The van der Waals surface area contributed by atoms with E-state index in [1.165, 1.54) is 34.8 Å². The van der Waals surface area contributed by atoms with Gasteiger partial charge in [-0.1, -0.05) is 23.5 Å². The van der Waals surface area contributed by atoms with Crippen molar-refractivity contribution in [3.05, 3.63) is 63.9 Å². The van der Waals surface area contributed by atoms with Crippen LogP contribution in [-0.2, 0) is 17.8 Å². The van der Waals surface area contributed by atoms with Crippen molar-refractivity contribution in [3.63, 3.8) is 0 Å². The Labute approximate surface area is 134 Å². The molecule has 3 rings (SSSR count). The standard InChI is InChI=1S/C16H13FN2OS2/c1-2-7-19-13-6-5-11(17)9-14(13)22-16(19)18-15(20)10-12-4-3-8-21-12/h2-6,8-9H,1,7,10H2. The smallest absolute Gasteiger partial charge is 0.253 e. The second-order valence-corrected chi connectivity index (χ2v) is 6.70. The fraction of sp³-hybridized carbons (Fsp3) is 0.125. The molecule has 0 radical (unpaired) electrons. The summed E-state index contributed by atoms with van der Waals surface area (Å²) in [7, 11) is 0. The van der Waals surface area contributed by atoms with Gasteiger partial charge >= 0.3 is 0 Å². The predicted molar refractivity (Wildman–Crippen MR) is 88.6 cm³/mol. The topological polar surface area (TPSA) is 34.4 Å². The van der Waals surface area contributed by atoms with E-state index in [0.29, 0.717) is 11.3 Å². The number of halogens is 1. The van der Waals surface area contributed by atoms with Gasteiger partial charge in [0.05, 0.1) is 16.6 Å². The number of carbonyl (C=O) groups excluding carboxylic acids is 1. The van der Waals surface area contributed by atoms with Gasteiger partial charge in [-0.3, -0.25) is 4.79 Å². The van der Waals surface area contributed by atoms with Crippen LogP contribution in [0, 0.1) is 5.82 Å². The zero-order valence-corrected chi connectivity index (χ0v) is 13.3. The maximum absolute atomic E-state index is 13.4. The van der Waals surface area contributed by atoms with Crippen LogP contribution >= 0.6 is 22.7 Å². The molecule has 3 nitrogen and oxygen atoms in total. The van der Waals surface area contributed by atoms with Crippen LogP contribution in [0.2, 0.25) is 0 Å². The van der Waals surface area contributed by atoms with Gasteiger partial charge in [-0.25, -0.2) is 4.39 Å². The maximum Gasteiger partial charge on any atom is 0.253 e. The lowest BCUT2D eigenvalue weighted by atomic mass is 10.3. The summed E-state index contributed by atoms with van der Waals surface area (Å²) in [6.07, 6.45) is 2.02. The van der Waals surface area contributed by atoms with Gasteiger partial charge in [0.2, 0.25) is 0 Å². The van der Waals surface area contributed by atoms with Crippen molar-refractivity contribution in [1.29, 1.82) is 0 Å². The Kier molecular flexibility index (Phi) is 4.31. The first-order valence-corrected chi connectivity index (χ1v) is 8.36. The predicted octanol–water partition coefficient (Wildman–Crippen LogP) is 3.76. The number of thiazole rings is 1. The highest BCUT2D eigenvalue weighted by atomic mass is 32.1. The van der Waals surface area contributed by atoms with Crippen LogP contribution in [0.3, 0.4) is 0 Å². The highest BCUT2D eigenvalue weighted by molar-refractivity contribution is 7.16. The molecule has 112 valence electrons. The largest absolute Gasteiger partial charge is 0.313 e. The first-order chi connectivity index (χ1) is 10.7. The third kappa shape index (κ3) is 3.08. The molecular weight excluding hydrogens is 319 g/mol. The summed E-state index contributed by atoms with van der Waals surface area (Å²) in [4.78, 5) is 17.9. The lowest BCUT2D eigenvalue weighted by molar-refractivity contribution is -0.117.